The van der Waals surface area contributed by atoms with Gasteiger partial charge in [-0.05, 0) is 32.1 Å². The highest BCUT2D eigenvalue weighted by Gasteiger charge is 2.09. The van der Waals surface area contributed by atoms with Crippen LogP contribution in [-0.2, 0) is 9.59 Å². The largest absolute Gasteiger partial charge is 0.481 e. The van der Waals surface area contributed by atoms with E-state index in [1.807, 2.05) is 0 Å². The molecule has 0 spiro atoms. The summed E-state index contributed by atoms with van der Waals surface area (Å²) < 4.78 is 0. The molecular weight excluding hydrogens is 396 g/mol. The lowest BCUT2D eigenvalue weighted by molar-refractivity contribution is -0.148. The zero-order valence-corrected chi connectivity index (χ0v) is 19.8. The first-order chi connectivity index (χ1) is 15.0. The number of aliphatic hydroxyl groups is 2. The number of aliphatic hydroxyl groups excluding tert-OH is 2. The van der Waals surface area contributed by atoms with Crippen LogP contribution in [0.25, 0.3) is 0 Å². The first-order valence-electron chi connectivity index (χ1n) is 12.3. The zero-order chi connectivity index (χ0) is 23.6. The van der Waals surface area contributed by atoms with Crippen molar-refractivity contribution in [3.8, 4) is 0 Å². The quantitative estimate of drug-likeness (QED) is 0.126. The summed E-state index contributed by atoms with van der Waals surface area (Å²) in [5.74, 6) is -2.06. The number of carbonyl (C=O) groups is 2. The summed E-state index contributed by atoms with van der Waals surface area (Å²) in [6.07, 6.45) is 25.5. The van der Waals surface area contributed by atoms with E-state index in [9.17, 15) is 9.59 Å². The van der Waals surface area contributed by atoms with E-state index < -0.39 is 24.6 Å². The Morgan fingerprint density at radius 3 is 1.39 bits per heavy atom. The molecular formula is C25H48O6. The summed E-state index contributed by atoms with van der Waals surface area (Å²) in [4.78, 5) is 19.9. The third-order valence-electron chi connectivity index (χ3n) is 5.11. The summed E-state index contributed by atoms with van der Waals surface area (Å²) in [5.41, 5.74) is 0. The molecule has 1 atom stereocenters. The number of carboxylic acids is 2. The van der Waals surface area contributed by atoms with Gasteiger partial charge in [-0.3, -0.25) is 4.79 Å². The highest BCUT2D eigenvalue weighted by atomic mass is 16.4. The van der Waals surface area contributed by atoms with E-state index in [0.717, 1.165) is 12.8 Å². The van der Waals surface area contributed by atoms with Gasteiger partial charge in [0.15, 0.2) is 6.10 Å². The Bertz CT molecular complexity index is 422. The maximum atomic E-state index is 10.4. The van der Waals surface area contributed by atoms with E-state index >= 15 is 0 Å². The van der Waals surface area contributed by atoms with E-state index in [1.165, 1.54) is 96.3 Å². The average Bonchev–Trinajstić information content (AvgIpc) is 2.75. The third-order valence-corrected chi connectivity index (χ3v) is 5.11. The molecule has 0 saturated heterocycles. The highest BCUT2D eigenvalue weighted by molar-refractivity contribution is 5.71. The molecule has 0 aliphatic heterocycles. The van der Waals surface area contributed by atoms with Crippen molar-refractivity contribution >= 4 is 11.9 Å². The van der Waals surface area contributed by atoms with Gasteiger partial charge >= 0.3 is 11.9 Å². The number of rotatable bonds is 21. The van der Waals surface area contributed by atoms with Crippen molar-refractivity contribution in [1.82, 2.24) is 0 Å². The van der Waals surface area contributed by atoms with Gasteiger partial charge in [-0.2, -0.15) is 0 Å². The maximum absolute atomic E-state index is 10.4. The average molecular weight is 445 g/mol. The molecule has 0 aromatic rings. The maximum Gasteiger partial charge on any atom is 0.334 e. The van der Waals surface area contributed by atoms with Gasteiger partial charge in [0.1, 0.15) is 0 Å². The molecule has 0 aromatic carbocycles. The van der Waals surface area contributed by atoms with Gasteiger partial charge in [0.25, 0.3) is 0 Å². The molecule has 1 unspecified atom stereocenters. The fourth-order valence-corrected chi connectivity index (χ4v) is 3.13. The van der Waals surface area contributed by atoms with Gasteiger partial charge in [-0.15, -0.1) is 0 Å². The molecule has 31 heavy (non-hydrogen) atoms. The summed E-state index contributed by atoms with van der Waals surface area (Å²) in [5, 5.41) is 32.3. The van der Waals surface area contributed by atoms with Crippen LogP contribution in [0.2, 0.25) is 0 Å². The predicted octanol–water partition coefficient (Wildman–Crippen LogP) is 6.09. The number of carboxylic acid groups (broad SMARTS) is 2. The fraction of sp³-hybridized carbons (Fsp3) is 0.840. The lowest BCUT2D eigenvalue weighted by Gasteiger charge is -2.01. The minimum Gasteiger partial charge on any atom is -0.481 e. The third kappa shape index (κ3) is 30.9. The Hall–Kier alpha value is -1.40. The summed E-state index contributed by atoms with van der Waals surface area (Å²) in [6, 6.07) is 0. The molecule has 0 saturated carbocycles. The second-order valence-corrected chi connectivity index (χ2v) is 8.18. The molecule has 0 aliphatic rings. The standard InChI is InChI=1S/C22H42O2.C3H6O4/c1-2-3-4-5-6-7-8-9-10-11-12-13-14-15-16-17-18-19-20-21-22(23)24;4-1-2(5)3(6)7/h9-10H,2-8,11-21H2,1H3,(H,23,24);2,4-5H,1H2,(H,6,7)/b10-9-;. The molecule has 0 amide bonds. The molecule has 184 valence electrons. The topological polar surface area (TPSA) is 115 Å². The van der Waals surface area contributed by atoms with Crippen LogP contribution in [0.5, 0.6) is 0 Å². The number of hydrogen-bond donors (Lipinski definition) is 4. The van der Waals surface area contributed by atoms with Crippen LogP contribution in [0.3, 0.4) is 0 Å². The van der Waals surface area contributed by atoms with Gasteiger partial charge in [-0.1, -0.05) is 96.1 Å². The minimum atomic E-state index is -1.63. The molecule has 6 heteroatoms. The molecule has 0 bridgehead atoms. The van der Waals surface area contributed by atoms with Crippen molar-refractivity contribution in [2.75, 3.05) is 6.61 Å². The van der Waals surface area contributed by atoms with Crippen LogP contribution in [0, 0.1) is 0 Å². The molecule has 0 radical (unpaired) electrons. The summed E-state index contributed by atoms with van der Waals surface area (Å²) in [6.45, 7) is 1.54. The predicted molar refractivity (Wildman–Crippen MR) is 126 cm³/mol. The summed E-state index contributed by atoms with van der Waals surface area (Å²) >= 11 is 0. The van der Waals surface area contributed by atoms with E-state index in [1.54, 1.807) is 0 Å². The number of aliphatic carboxylic acids is 2. The van der Waals surface area contributed by atoms with Crippen LogP contribution in [-0.4, -0.2) is 45.1 Å². The number of allylic oxidation sites excluding steroid dienone is 2. The molecule has 0 heterocycles. The molecule has 4 N–H and O–H groups in total. The van der Waals surface area contributed by atoms with Crippen LogP contribution < -0.4 is 0 Å². The van der Waals surface area contributed by atoms with E-state index in [4.69, 9.17) is 20.4 Å². The highest BCUT2D eigenvalue weighted by Crippen LogP contribution is 2.12. The first kappa shape index (κ1) is 31.8. The van der Waals surface area contributed by atoms with E-state index in [-0.39, 0.29) is 0 Å². The Labute approximate surface area is 189 Å². The summed E-state index contributed by atoms with van der Waals surface area (Å²) in [7, 11) is 0. The van der Waals surface area contributed by atoms with E-state index in [2.05, 4.69) is 19.1 Å². The Morgan fingerprint density at radius 2 is 1.06 bits per heavy atom. The molecule has 6 nitrogen and oxygen atoms in total. The fourth-order valence-electron chi connectivity index (χ4n) is 3.13. The second-order valence-electron chi connectivity index (χ2n) is 8.18. The van der Waals surface area contributed by atoms with Gasteiger partial charge in [0, 0.05) is 6.42 Å². The number of unbranched alkanes of at least 4 members (excludes halogenated alkanes) is 15. The van der Waals surface area contributed by atoms with Crippen molar-refractivity contribution in [3.05, 3.63) is 12.2 Å². The number of hydrogen-bond acceptors (Lipinski definition) is 4. The van der Waals surface area contributed by atoms with Crippen molar-refractivity contribution in [2.45, 2.75) is 129 Å². The monoisotopic (exact) mass is 444 g/mol. The van der Waals surface area contributed by atoms with Crippen LogP contribution in [0.4, 0.5) is 0 Å². The molecule has 0 rings (SSSR count). The SMILES string of the molecule is CCCCCCCC/C=C\CCCCCCCCCCCC(=O)O.O=C(O)C(O)CO. The first-order valence-corrected chi connectivity index (χ1v) is 12.3. The Kier molecular flexibility index (Phi) is 27.3. The second kappa shape index (κ2) is 26.6. The van der Waals surface area contributed by atoms with Crippen molar-refractivity contribution in [2.24, 2.45) is 0 Å². The Morgan fingerprint density at radius 1 is 0.677 bits per heavy atom. The van der Waals surface area contributed by atoms with Gasteiger partial charge in [-0.25, -0.2) is 4.79 Å². The molecule has 0 aliphatic carbocycles. The van der Waals surface area contributed by atoms with E-state index in [0.29, 0.717) is 6.42 Å². The van der Waals surface area contributed by atoms with Crippen molar-refractivity contribution in [1.29, 1.82) is 0 Å². The minimum absolute atomic E-state index is 0.340. The van der Waals surface area contributed by atoms with Gasteiger partial charge < -0.3 is 20.4 Å². The normalized spacial score (nSPS) is 11.8. The molecule has 0 fully saturated rings. The Balaban J connectivity index is 0. The van der Waals surface area contributed by atoms with Gasteiger partial charge in [0.2, 0.25) is 0 Å². The van der Waals surface area contributed by atoms with Crippen molar-refractivity contribution < 1.29 is 30.0 Å². The van der Waals surface area contributed by atoms with Crippen LogP contribution >= 0.6 is 0 Å². The van der Waals surface area contributed by atoms with Gasteiger partial charge in [0.05, 0.1) is 6.61 Å². The zero-order valence-electron chi connectivity index (χ0n) is 19.8. The smallest absolute Gasteiger partial charge is 0.334 e. The molecule has 0 aromatic heterocycles. The van der Waals surface area contributed by atoms with Crippen molar-refractivity contribution in [3.63, 3.8) is 0 Å². The lowest BCUT2D eigenvalue weighted by Crippen LogP contribution is -2.22. The van der Waals surface area contributed by atoms with Crippen LogP contribution in [0.15, 0.2) is 12.2 Å². The lowest BCUT2D eigenvalue weighted by atomic mass is 10.1. The van der Waals surface area contributed by atoms with Crippen LogP contribution in [0.1, 0.15) is 122 Å².